The van der Waals surface area contributed by atoms with Crippen molar-refractivity contribution in [1.82, 2.24) is 4.98 Å². The predicted octanol–water partition coefficient (Wildman–Crippen LogP) is 3.46. The molecule has 0 radical (unpaired) electrons. The molecule has 2 aromatic heterocycles. The second kappa shape index (κ2) is 4.03. The number of oxazole rings is 1. The molecular formula is C13H12N2O2S. The molecule has 0 bridgehead atoms. The average Bonchev–Trinajstić information content (AvgIpc) is 2.90. The average molecular weight is 260 g/mol. The first-order valence-corrected chi connectivity index (χ1v) is 6.30. The van der Waals surface area contributed by atoms with Gasteiger partial charge in [0.15, 0.2) is 5.58 Å². The van der Waals surface area contributed by atoms with Gasteiger partial charge in [-0.05, 0) is 30.7 Å². The molecule has 5 heteroatoms. The number of ether oxygens (including phenoxy) is 1. The number of hydrogen-bond acceptors (Lipinski definition) is 5. The van der Waals surface area contributed by atoms with Gasteiger partial charge in [-0.15, -0.1) is 11.3 Å². The highest BCUT2D eigenvalue weighted by atomic mass is 32.1. The molecule has 0 aliphatic heterocycles. The molecule has 3 rings (SSSR count). The number of methoxy groups -OCH3 is 1. The van der Waals surface area contributed by atoms with E-state index in [1.807, 2.05) is 31.2 Å². The summed E-state index contributed by atoms with van der Waals surface area (Å²) in [4.78, 5) is 5.44. The highest BCUT2D eigenvalue weighted by Crippen LogP contribution is 2.35. The molecule has 0 aliphatic carbocycles. The number of nitrogen functional groups attached to an aromatic ring is 1. The SMILES string of the molecule is COc1ccc2nc(-c3sc(N)cc3C)oc2c1. The number of anilines is 1. The number of benzene rings is 1. The lowest BCUT2D eigenvalue weighted by molar-refractivity contribution is 0.414. The molecule has 0 unspecified atom stereocenters. The lowest BCUT2D eigenvalue weighted by Crippen LogP contribution is -1.80. The van der Waals surface area contributed by atoms with Crippen LogP contribution in [0.2, 0.25) is 0 Å². The van der Waals surface area contributed by atoms with E-state index in [-0.39, 0.29) is 0 Å². The van der Waals surface area contributed by atoms with Crippen LogP contribution in [-0.2, 0) is 0 Å². The molecule has 4 nitrogen and oxygen atoms in total. The molecule has 2 heterocycles. The minimum Gasteiger partial charge on any atom is -0.497 e. The van der Waals surface area contributed by atoms with Gasteiger partial charge in [0.2, 0.25) is 5.89 Å². The zero-order chi connectivity index (χ0) is 12.7. The monoisotopic (exact) mass is 260 g/mol. The molecule has 0 fully saturated rings. The summed E-state index contributed by atoms with van der Waals surface area (Å²) in [5, 5.41) is 0.766. The Balaban J connectivity index is 2.16. The van der Waals surface area contributed by atoms with Gasteiger partial charge in [0.25, 0.3) is 0 Å². The third-order valence-corrected chi connectivity index (χ3v) is 3.78. The minimum absolute atomic E-state index is 0.609. The van der Waals surface area contributed by atoms with Gasteiger partial charge < -0.3 is 14.9 Å². The second-order valence-corrected chi connectivity index (χ2v) is 5.10. The van der Waals surface area contributed by atoms with Gasteiger partial charge in [0.05, 0.1) is 17.0 Å². The summed E-state index contributed by atoms with van der Waals surface area (Å²) in [5.41, 5.74) is 8.40. The summed E-state index contributed by atoms with van der Waals surface area (Å²) in [6, 6.07) is 7.51. The molecule has 0 saturated carbocycles. The number of thiophene rings is 1. The maximum atomic E-state index is 5.79. The van der Waals surface area contributed by atoms with E-state index < -0.39 is 0 Å². The van der Waals surface area contributed by atoms with Crippen LogP contribution in [0.1, 0.15) is 5.56 Å². The van der Waals surface area contributed by atoms with E-state index in [9.17, 15) is 0 Å². The van der Waals surface area contributed by atoms with Crippen molar-refractivity contribution in [3.05, 3.63) is 29.8 Å². The predicted molar refractivity (Wildman–Crippen MR) is 73.0 cm³/mol. The third kappa shape index (κ3) is 1.73. The summed E-state index contributed by atoms with van der Waals surface area (Å²) >= 11 is 1.48. The first kappa shape index (κ1) is 11.1. The van der Waals surface area contributed by atoms with Gasteiger partial charge in [-0.3, -0.25) is 0 Å². The van der Waals surface area contributed by atoms with Crippen molar-refractivity contribution in [2.24, 2.45) is 0 Å². The lowest BCUT2D eigenvalue weighted by Gasteiger charge is -1.95. The van der Waals surface area contributed by atoms with Crippen LogP contribution in [0, 0.1) is 6.92 Å². The van der Waals surface area contributed by atoms with E-state index in [1.54, 1.807) is 7.11 Å². The van der Waals surface area contributed by atoms with Gasteiger partial charge in [-0.1, -0.05) is 0 Å². The van der Waals surface area contributed by atoms with Gasteiger partial charge in [-0.25, -0.2) is 4.98 Å². The molecule has 0 atom stereocenters. The van der Waals surface area contributed by atoms with Crippen molar-refractivity contribution >= 4 is 27.4 Å². The van der Waals surface area contributed by atoms with Crippen molar-refractivity contribution in [2.75, 3.05) is 12.8 Å². The first-order valence-electron chi connectivity index (χ1n) is 5.48. The number of aryl methyl sites for hydroxylation is 1. The Bertz CT molecular complexity index is 715. The molecule has 2 N–H and O–H groups in total. The smallest absolute Gasteiger partial charge is 0.237 e. The fourth-order valence-corrected chi connectivity index (χ4v) is 2.71. The Morgan fingerprint density at radius 1 is 1.33 bits per heavy atom. The quantitative estimate of drug-likeness (QED) is 0.766. The molecule has 3 aromatic rings. The number of nitrogens with zero attached hydrogens (tertiary/aromatic N) is 1. The number of aromatic nitrogens is 1. The fraction of sp³-hybridized carbons (Fsp3) is 0.154. The number of nitrogens with two attached hydrogens (primary N) is 1. The zero-order valence-electron chi connectivity index (χ0n) is 10.1. The van der Waals surface area contributed by atoms with Crippen molar-refractivity contribution < 1.29 is 9.15 Å². The first-order chi connectivity index (χ1) is 8.67. The van der Waals surface area contributed by atoms with Crippen LogP contribution in [0.3, 0.4) is 0 Å². The Morgan fingerprint density at radius 2 is 2.17 bits per heavy atom. The van der Waals surface area contributed by atoms with Crippen LogP contribution in [0.4, 0.5) is 5.00 Å². The van der Waals surface area contributed by atoms with Crippen LogP contribution in [0.15, 0.2) is 28.7 Å². The molecule has 0 aliphatic rings. The second-order valence-electron chi connectivity index (χ2n) is 4.01. The van der Waals surface area contributed by atoms with E-state index >= 15 is 0 Å². The normalized spacial score (nSPS) is 11.0. The Kier molecular flexibility index (Phi) is 2.48. The van der Waals surface area contributed by atoms with Crippen molar-refractivity contribution in [1.29, 1.82) is 0 Å². The largest absolute Gasteiger partial charge is 0.497 e. The molecule has 18 heavy (non-hydrogen) atoms. The summed E-state index contributed by atoms with van der Waals surface area (Å²) in [5.74, 6) is 1.37. The number of hydrogen-bond donors (Lipinski definition) is 1. The maximum absolute atomic E-state index is 5.79. The highest BCUT2D eigenvalue weighted by Gasteiger charge is 2.13. The molecule has 0 amide bonds. The number of rotatable bonds is 2. The highest BCUT2D eigenvalue weighted by molar-refractivity contribution is 7.19. The van der Waals surface area contributed by atoms with Crippen molar-refractivity contribution in [2.45, 2.75) is 6.92 Å². The van der Waals surface area contributed by atoms with Gasteiger partial charge in [0, 0.05) is 6.07 Å². The topological polar surface area (TPSA) is 61.3 Å². The fourth-order valence-electron chi connectivity index (χ4n) is 1.85. The van der Waals surface area contributed by atoms with Crippen LogP contribution in [-0.4, -0.2) is 12.1 Å². The summed E-state index contributed by atoms with van der Waals surface area (Å²) in [6.45, 7) is 2.00. The Morgan fingerprint density at radius 3 is 2.83 bits per heavy atom. The zero-order valence-corrected chi connectivity index (χ0v) is 10.9. The molecule has 92 valence electrons. The van der Waals surface area contributed by atoms with Crippen molar-refractivity contribution in [3.8, 4) is 16.5 Å². The van der Waals surface area contributed by atoms with Gasteiger partial charge in [0.1, 0.15) is 11.3 Å². The maximum Gasteiger partial charge on any atom is 0.237 e. The standard InChI is InChI=1S/C13H12N2O2S/c1-7-5-11(14)18-12(7)13-15-9-4-3-8(16-2)6-10(9)17-13/h3-6H,14H2,1-2H3. The van der Waals surface area contributed by atoms with E-state index in [0.717, 1.165) is 32.3 Å². The van der Waals surface area contributed by atoms with Crippen LogP contribution < -0.4 is 10.5 Å². The van der Waals surface area contributed by atoms with E-state index in [4.69, 9.17) is 14.9 Å². The van der Waals surface area contributed by atoms with Crippen LogP contribution in [0.5, 0.6) is 5.75 Å². The summed E-state index contributed by atoms with van der Waals surface area (Å²) in [6.07, 6.45) is 0. The summed E-state index contributed by atoms with van der Waals surface area (Å²) < 4.78 is 10.9. The molecule has 0 saturated heterocycles. The number of fused-ring (bicyclic) bond motifs is 1. The van der Waals surface area contributed by atoms with Crippen LogP contribution in [0.25, 0.3) is 21.9 Å². The minimum atomic E-state index is 0.609. The molecular weight excluding hydrogens is 248 g/mol. The molecule has 1 aromatic carbocycles. The molecule has 0 spiro atoms. The lowest BCUT2D eigenvalue weighted by atomic mass is 10.3. The van der Waals surface area contributed by atoms with Crippen molar-refractivity contribution in [3.63, 3.8) is 0 Å². The van der Waals surface area contributed by atoms with E-state index in [0.29, 0.717) is 5.89 Å². The Labute approximate surface area is 108 Å². The Hall–Kier alpha value is -2.01. The third-order valence-electron chi connectivity index (χ3n) is 2.73. The van der Waals surface area contributed by atoms with Crippen LogP contribution >= 0.6 is 11.3 Å². The van der Waals surface area contributed by atoms with Gasteiger partial charge >= 0.3 is 0 Å². The van der Waals surface area contributed by atoms with Gasteiger partial charge in [-0.2, -0.15) is 0 Å². The van der Waals surface area contributed by atoms with E-state index in [2.05, 4.69) is 4.98 Å². The summed E-state index contributed by atoms with van der Waals surface area (Å²) in [7, 11) is 1.63. The van der Waals surface area contributed by atoms with E-state index in [1.165, 1.54) is 11.3 Å².